The number of anilines is 1. The van der Waals surface area contributed by atoms with E-state index in [1.54, 1.807) is 11.9 Å². The standard InChI is InChI=1S/C15H22N4OS/c1-16-21-13-3-2-12-4-7-19(14(12)10-13)15(20)11-18-8-5-17-6-9-18/h2-3,10,16-17H,4-9,11H2,1H3. The van der Waals surface area contributed by atoms with Crippen LogP contribution in [0.15, 0.2) is 23.1 Å². The summed E-state index contributed by atoms with van der Waals surface area (Å²) >= 11 is 1.58. The summed E-state index contributed by atoms with van der Waals surface area (Å²) in [5.41, 5.74) is 2.37. The third-order valence-electron chi connectivity index (χ3n) is 4.04. The molecule has 1 fully saturated rings. The van der Waals surface area contributed by atoms with Crippen LogP contribution in [-0.4, -0.2) is 57.1 Å². The van der Waals surface area contributed by atoms with Gasteiger partial charge in [-0.2, -0.15) is 0 Å². The summed E-state index contributed by atoms with van der Waals surface area (Å²) in [6.45, 7) is 5.22. The van der Waals surface area contributed by atoms with Gasteiger partial charge < -0.3 is 10.2 Å². The lowest BCUT2D eigenvalue weighted by Crippen LogP contribution is -2.48. The predicted octanol–water partition coefficient (Wildman–Crippen LogP) is 0.707. The number of piperazine rings is 1. The molecule has 0 unspecified atom stereocenters. The molecule has 1 amide bonds. The largest absolute Gasteiger partial charge is 0.314 e. The van der Waals surface area contributed by atoms with Gasteiger partial charge in [-0.25, -0.2) is 0 Å². The molecule has 0 bridgehead atoms. The lowest BCUT2D eigenvalue weighted by atomic mass is 10.2. The monoisotopic (exact) mass is 306 g/mol. The van der Waals surface area contributed by atoms with E-state index >= 15 is 0 Å². The first kappa shape index (κ1) is 14.8. The van der Waals surface area contributed by atoms with Crippen molar-refractivity contribution in [3.8, 4) is 0 Å². The van der Waals surface area contributed by atoms with Gasteiger partial charge >= 0.3 is 0 Å². The van der Waals surface area contributed by atoms with Crippen LogP contribution in [0.3, 0.4) is 0 Å². The molecule has 0 atom stereocenters. The van der Waals surface area contributed by atoms with Crippen LogP contribution in [0.5, 0.6) is 0 Å². The Kier molecular flexibility index (Phi) is 4.80. The highest BCUT2D eigenvalue weighted by atomic mass is 32.2. The van der Waals surface area contributed by atoms with Gasteiger partial charge in [-0.1, -0.05) is 6.07 Å². The molecule has 1 saturated heterocycles. The minimum absolute atomic E-state index is 0.224. The smallest absolute Gasteiger partial charge is 0.241 e. The highest BCUT2D eigenvalue weighted by Crippen LogP contribution is 2.31. The number of rotatable bonds is 4. The normalized spacial score (nSPS) is 18.8. The second-order valence-electron chi connectivity index (χ2n) is 5.42. The van der Waals surface area contributed by atoms with E-state index in [9.17, 15) is 4.79 Å². The van der Waals surface area contributed by atoms with Crippen molar-refractivity contribution in [2.75, 3.05) is 51.2 Å². The molecule has 2 N–H and O–H groups in total. The summed E-state index contributed by atoms with van der Waals surface area (Å²) in [4.78, 5) is 17.9. The second kappa shape index (κ2) is 6.79. The molecule has 2 aliphatic rings. The van der Waals surface area contributed by atoms with Crippen LogP contribution in [0, 0.1) is 0 Å². The summed E-state index contributed by atoms with van der Waals surface area (Å²) in [6.07, 6.45) is 0.965. The van der Waals surface area contributed by atoms with Gasteiger partial charge in [0.15, 0.2) is 0 Å². The van der Waals surface area contributed by atoms with Crippen LogP contribution < -0.4 is 14.9 Å². The Morgan fingerprint density at radius 3 is 2.90 bits per heavy atom. The third-order valence-corrected chi connectivity index (χ3v) is 4.74. The maximum absolute atomic E-state index is 12.6. The number of amides is 1. The number of hydrogen-bond donors (Lipinski definition) is 2. The Labute approximate surface area is 130 Å². The molecule has 21 heavy (non-hydrogen) atoms. The van der Waals surface area contributed by atoms with Gasteiger partial charge in [-0.15, -0.1) is 0 Å². The molecule has 5 nitrogen and oxygen atoms in total. The third kappa shape index (κ3) is 3.40. The van der Waals surface area contributed by atoms with E-state index < -0.39 is 0 Å². The lowest BCUT2D eigenvalue weighted by molar-refractivity contribution is -0.119. The lowest BCUT2D eigenvalue weighted by Gasteiger charge is -2.28. The Balaban J connectivity index is 1.70. The molecule has 0 aliphatic carbocycles. The number of nitrogens with one attached hydrogen (secondary N) is 2. The number of carbonyl (C=O) groups is 1. The first-order valence-corrected chi connectivity index (χ1v) is 8.29. The Bertz CT molecular complexity index is 516. The van der Waals surface area contributed by atoms with E-state index in [0.29, 0.717) is 6.54 Å². The van der Waals surface area contributed by atoms with Crippen molar-refractivity contribution in [2.24, 2.45) is 0 Å². The number of hydrogen-bond acceptors (Lipinski definition) is 5. The van der Waals surface area contributed by atoms with Crippen LogP contribution in [0.25, 0.3) is 0 Å². The molecule has 1 aromatic carbocycles. The van der Waals surface area contributed by atoms with Gasteiger partial charge in [-0.3, -0.25) is 14.4 Å². The minimum atomic E-state index is 0.224. The molecule has 2 heterocycles. The molecular weight excluding hydrogens is 284 g/mol. The van der Waals surface area contributed by atoms with Crippen LogP contribution in [0.2, 0.25) is 0 Å². The van der Waals surface area contributed by atoms with Gasteiger partial charge in [0.2, 0.25) is 5.91 Å². The fourth-order valence-electron chi connectivity index (χ4n) is 2.95. The highest BCUT2D eigenvalue weighted by molar-refractivity contribution is 7.97. The van der Waals surface area contributed by atoms with Gasteiger partial charge in [0.25, 0.3) is 0 Å². The van der Waals surface area contributed by atoms with Crippen molar-refractivity contribution >= 4 is 23.5 Å². The number of benzene rings is 1. The number of fused-ring (bicyclic) bond motifs is 1. The molecule has 0 aromatic heterocycles. The van der Waals surface area contributed by atoms with Gasteiger partial charge in [0.1, 0.15) is 0 Å². The zero-order chi connectivity index (χ0) is 14.7. The van der Waals surface area contributed by atoms with E-state index in [4.69, 9.17) is 0 Å². The van der Waals surface area contributed by atoms with E-state index in [1.807, 2.05) is 11.9 Å². The van der Waals surface area contributed by atoms with E-state index in [0.717, 1.165) is 49.7 Å². The van der Waals surface area contributed by atoms with E-state index in [2.05, 4.69) is 33.1 Å². The fourth-order valence-corrected chi connectivity index (χ4v) is 3.49. The topological polar surface area (TPSA) is 47.6 Å². The molecule has 2 aliphatic heterocycles. The molecule has 0 radical (unpaired) electrons. The van der Waals surface area contributed by atoms with Crippen molar-refractivity contribution in [2.45, 2.75) is 11.3 Å². The summed E-state index contributed by atoms with van der Waals surface area (Å²) < 4.78 is 3.08. The van der Waals surface area contributed by atoms with Crippen LogP contribution in [-0.2, 0) is 11.2 Å². The maximum Gasteiger partial charge on any atom is 0.241 e. The molecule has 0 saturated carbocycles. The SMILES string of the molecule is CNSc1ccc2c(c1)N(C(=O)CN1CCNCC1)CC2. The van der Waals surface area contributed by atoms with Gasteiger partial charge in [-0.05, 0) is 43.1 Å². The van der Waals surface area contributed by atoms with Crippen molar-refractivity contribution < 1.29 is 4.79 Å². The number of carbonyl (C=O) groups excluding carboxylic acids is 1. The highest BCUT2D eigenvalue weighted by Gasteiger charge is 2.26. The van der Waals surface area contributed by atoms with Crippen molar-refractivity contribution in [3.63, 3.8) is 0 Å². The van der Waals surface area contributed by atoms with Gasteiger partial charge in [0, 0.05) is 43.3 Å². The van der Waals surface area contributed by atoms with E-state index in [-0.39, 0.29) is 5.91 Å². The Morgan fingerprint density at radius 2 is 2.14 bits per heavy atom. The maximum atomic E-state index is 12.6. The summed E-state index contributed by atoms with van der Waals surface area (Å²) in [5.74, 6) is 0.224. The van der Waals surface area contributed by atoms with Crippen molar-refractivity contribution in [3.05, 3.63) is 23.8 Å². The summed E-state index contributed by atoms with van der Waals surface area (Å²) in [7, 11) is 1.91. The van der Waals surface area contributed by atoms with Crippen molar-refractivity contribution in [1.29, 1.82) is 0 Å². The predicted molar refractivity (Wildman–Crippen MR) is 86.7 cm³/mol. The average molecular weight is 306 g/mol. The molecule has 3 rings (SSSR count). The van der Waals surface area contributed by atoms with E-state index in [1.165, 1.54) is 5.56 Å². The summed E-state index contributed by atoms with van der Waals surface area (Å²) in [6, 6.07) is 6.39. The molecule has 1 aromatic rings. The first-order chi connectivity index (χ1) is 10.3. The zero-order valence-electron chi connectivity index (χ0n) is 12.4. The molecular formula is C15H22N4OS. The fraction of sp³-hybridized carbons (Fsp3) is 0.533. The quantitative estimate of drug-likeness (QED) is 0.802. The molecule has 0 spiro atoms. The van der Waals surface area contributed by atoms with Crippen LogP contribution in [0.1, 0.15) is 5.56 Å². The van der Waals surface area contributed by atoms with Crippen LogP contribution >= 0.6 is 11.9 Å². The molecule has 114 valence electrons. The average Bonchev–Trinajstić information content (AvgIpc) is 2.92. The van der Waals surface area contributed by atoms with Crippen LogP contribution in [0.4, 0.5) is 5.69 Å². The Hall–Kier alpha value is -1.08. The zero-order valence-corrected chi connectivity index (χ0v) is 13.2. The Morgan fingerprint density at radius 1 is 1.33 bits per heavy atom. The molecule has 6 heteroatoms. The second-order valence-corrected chi connectivity index (χ2v) is 6.50. The van der Waals surface area contributed by atoms with Gasteiger partial charge in [0.05, 0.1) is 6.54 Å². The first-order valence-electron chi connectivity index (χ1n) is 7.48. The minimum Gasteiger partial charge on any atom is -0.314 e. The number of nitrogens with zero attached hydrogens (tertiary/aromatic N) is 2. The van der Waals surface area contributed by atoms with Crippen molar-refractivity contribution in [1.82, 2.24) is 14.9 Å². The summed E-state index contributed by atoms with van der Waals surface area (Å²) in [5, 5.41) is 3.32.